The minimum atomic E-state index is -0.249. The Morgan fingerprint density at radius 2 is 2.14 bits per heavy atom. The molecule has 2 saturated heterocycles. The molecule has 0 amide bonds. The number of benzene rings is 1. The highest BCUT2D eigenvalue weighted by Crippen LogP contribution is 2.26. The summed E-state index contributed by atoms with van der Waals surface area (Å²) in [6.45, 7) is 5.87. The van der Waals surface area contributed by atoms with Crippen molar-refractivity contribution in [3.63, 3.8) is 0 Å². The molecule has 1 N–H and O–H groups in total. The van der Waals surface area contributed by atoms with Crippen LogP contribution in [-0.4, -0.2) is 56.4 Å². The van der Waals surface area contributed by atoms with Gasteiger partial charge in [-0.05, 0) is 50.8 Å². The zero-order chi connectivity index (χ0) is 20.2. The molecule has 4 rings (SSSR count). The van der Waals surface area contributed by atoms with Crippen molar-refractivity contribution in [1.29, 1.82) is 0 Å². The minimum absolute atomic E-state index is 0.249. The van der Waals surface area contributed by atoms with E-state index in [1.807, 2.05) is 6.92 Å². The first kappa shape index (κ1) is 20.2. The van der Waals surface area contributed by atoms with E-state index >= 15 is 0 Å². The molecule has 3 heterocycles. The van der Waals surface area contributed by atoms with Crippen molar-refractivity contribution in [2.24, 2.45) is 4.99 Å². The van der Waals surface area contributed by atoms with E-state index in [4.69, 9.17) is 13.9 Å². The van der Waals surface area contributed by atoms with Crippen LogP contribution >= 0.6 is 0 Å². The Morgan fingerprint density at radius 3 is 2.86 bits per heavy atom. The van der Waals surface area contributed by atoms with E-state index in [9.17, 15) is 4.39 Å². The van der Waals surface area contributed by atoms with Crippen LogP contribution in [0.2, 0.25) is 0 Å². The third-order valence-electron chi connectivity index (χ3n) is 5.90. The van der Waals surface area contributed by atoms with Gasteiger partial charge in [0.05, 0.1) is 25.4 Å². The molecule has 0 saturated carbocycles. The van der Waals surface area contributed by atoms with Crippen LogP contribution in [0.4, 0.5) is 4.39 Å². The molecule has 1 atom stereocenters. The van der Waals surface area contributed by atoms with Crippen LogP contribution in [0.3, 0.4) is 0 Å². The molecule has 0 bridgehead atoms. The van der Waals surface area contributed by atoms with E-state index in [2.05, 4.69) is 15.2 Å². The zero-order valence-electron chi connectivity index (χ0n) is 17.2. The highest BCUT2D eigenvalue weighted by molar-refractivity contribution is 5.83. The summed E-state index contributed by atoms with van der Waals surface area (Å²) in [4.78, 5) is 6.68. The molecule has 29 heavy (non-hydrogen) atoms. The second-order valence-corrected chi connectivity index (χ2v) is 7.85. The number of furan rings is 1. The Kier molecular flexibility index (Phi) is 6.35. The van der Waals surface area contributed by atoms with Crippen LogP contribution in [0, 0.1) is 12.7 Å². The lowest BCUT2D eigenvalue weighted by Crippen LogP contribution is -2.47. The van der Waals surface area contributed by atoms with Gasteiger partial charge in [0.2, 0.25) is 0 Å². The van der Waals surface area contributed by atoms with Crippen LogP contribution in [0.1, 0.15) is 37.0 Å². The summed E-state index contributed by atoms with van der Waals surface area (Å²) in [7, 11) is 1.79. The summed E-state index contributed by atoms with van der Waals surface area (Å²) in [6.07, 6.45) is 4.80. The maximum atomic E-state index is 13.5. The molecule has 2 fully saturated rings. The number of aliphatic imine (C=N–C) groups is 1. The first-order chi connectivity index (χ1) is 14.1. The largest absolute Gasteiger partial charge is 0.459 e. The van der Waals surface area contributed by atoms with Gasteiger partial charge in [0.15, 0.2) is 5.96 Å². The van der Waals surface area contributed by atoms with Crippen molar-refractivity contribution in [2.75, 3.05) is 33.4 Å². The van der Waals surface area contributed by atoms with Crippen LogP contribution in [0.5, 0.6) is 0 Å². The van der Waals surface area contributed by atoms with Crippen molar-refractivity contribution in [2.45, 2.75) is 51.4 Å². The summed E-state index contributed by atoms with van der Waals surface area (Å²) >= 11 is 0. The average Bonchev–Trinajstić information content (AvgIpc) is 3.36. The van der Waals surface area contributed by atoms with E-state index in [0.717, 1.165) is 68.0 Å². The quantitative estimate of drug-likeness (QED) is 0.610. The van der Waals surface area contributed by atoms with Crippen LogP contribution in [0.25, 0.3) is 11.0 Å². The standard InChI is InChI=1S/C22H30FN3O3/c1-15-19-12-16(23)5-6-20(19)29-21(15)13-25-22(24-2)26-9-7-17(8-10-26)28-14-18-4-3-11-27-18/h5-6,12,17-18H,3-4,7-11,13-14H2,1-2H3,(H,24,25). The number of hydrogen-bond acceptors (Lipinski definition) is 4. The highest BCUT2D eigenvalue weighted by atomic mass is 19.1. The monoisotopic (exact) mass is 403 g/mol. The third-order valence-corrected chi connectivity index (χ3v) is 5.90. The molecule has 2 aliphatic rings. The average molecular weight is 403 g/mol. The van der Waals surface area contributed by atoms with E-state index < -0.39 is 0 Å². The summed E-state index contributed by atoms with van der Waals surface area (Å²) in [6, 6.07) is 4.62. The minimum Gasteiger partial charge on any atom is -0.459 e. The fraction of sp³-hybridized carbons (Fsp3) is 0.591. The Hall–Kier alpha value is -2.12. The number of hydrogen-bond donors (Lipinski definition) is 1. The van der Waals surface area contributed by atoms with Crippen molar-refractivity contribution in [3.05, 3.63) is 35.3 Å². The molecule has 1 aromatic heterocycles. The number of fused-ring (bicyclic) bond motifs is 1. The van der Waals surface area contributed by atoms with Gasteiger partial charge < -0.3 is 24.1 Å². The lowest BCUT2D eigenvalue weighted by Gasteiger charge is -2.34. The van der Waals surface area contributed by atoms with E-state index in [-0.39, 0.29) is 11.9 Å². The van der Waals surface area contributed by atoms with Gasteiger partial charge in [-0.1, -0.05) is 0 Å². The number of piperidine rings is 1. The summed E-state index contributed by atoms with van der Waals surface area (Å²) in [5.74, 6) is 1.41. The normalized spacial score (nSPS) is 21.3. The molecule has 1 aromatic carbocycles. The van der Waals surface area contributed by atoms with Gasteiger partial charge in [0.25, 0.3) is 0 Å². The topological polar surface area (TPSA) is 59.2 Å². The number of nitrogens with zero attached hydrogens (tertiary/aromatic N) is 2. The van der Waals surface area contributed by atoms with E-state index in [1.54, 1.807) is 13.1 Å². The van der Waals surface area contributed by atoms with E-state index in [1.165, 1.54) is 12.1 Å². The predicted molar refractivity (Wildman–Crippen MR) is 111 cm³/mol. The van der Waals surface area contributed by atoms with Crippen molar-refractivity contribution < 1.29 is 18.3 Å². The fourth-order valence-corrected chi connectivity index (χ4v) is 4.16. The molecular weight excluding hydrogens is 373 g/mol. The molecule has 7 heteroatoms. The smallest absolute Gasteiger partial charge is 0.194 e. The molecule has 2 aliphatic heterocycles. The highest BCUT2D eigenvalue weighted by Gasteiger charge is 2.24. The maximum Gasteiger partial charge on any atom is 0.194 e. The van der Waals surface area contributed by atoms with Crippen molar-refractivity contribution in [3.8, 4) is 0 Å². The molecule has 1 unspecified atom stereocenters. The number of likely N-dealkylation sites (tertiary alicyclic amines) is 1. The second kappa shape index (κ2) is 9.13. The van der Waals surface area contributed by atoms with Gasteiger partial charge in [-0.2, -0.15) is 0 Å². The molecule has 0 spiro atoms. The maximum absolute atomic E-state index is 13.5. The van der Waals surface area contributed by atoms with Gasteiger partial charge in [-0.25, -0.2) is 4.39 Å². The first-order valence-corrected chi connectivity index (χ1v) is 10.5. The number of rotatable bonds is 5. The predicted octanol–water partition coefficient (Wildman–Crippen LogP) is 3.62. The van der Waals surface area contributed by atoms with Crippen molar-refractivity contribution in [1.82, 2.24) is 10.2 Å². The molecule has 0 aliphatic carbocycles. The summed E-state index contributed by atoms with van der Waals surface area (Å²) in [5, 5.41) is 4.21. The van der Waals surface area contributed by atoms with Gasteiger partial charge in [-0.3, -0.25) is 4.99 Å². The molecule has 158 valence electrons. The van der Waals surface area contributed by atoms with Gasteiger partial charge in [0.1, 0.15) is 17.2 Å². The van der Waals surface area contributed by atoms with Crippen LogP contribution in [-0.2, 0) is 16.0 Å². The zero-order valence-corrected chi connectivity index (χ0v) is 17.2. The molecule has 2 aromatic rings. The van der Waals surface area contributed by atoms with Gasteiger partial charge in [0, 0.05) is 37.7 Å². The van der Waals surface area contributed by atoms with E-state index in [0.29, 0.717) is 24.8 Å². The Bertz CT molecular complexity index is 852. The third kappa shape index (κ3) is 4.73. The lowest BCUT2D eigenvalue weighted by molar-refractivity contribution is -0.0367. The van der Waals surface area contributed by atoms with Crippen LogP contribution < -0.4 is 5.32 Å². The van der Waals surface area contributed by atoms with Gasteiger partial charge >= 0.3 is 0 Å². The summed E-state index contributed by atoms with van der Waals surface area (Å²) < 4.78 is 31.1. The van der Waals surface area contributed by atoms with Gasteiger partial charge in [-0.15, -0.1) is 0 Å². The number of nitrogens with one attached hydrogen (secondary N) is 1. The first-order valence-electron chi connectivity index (χ1n) is 10.5. The molecule has 6 nitrogen and oxygen atoms in total. The Labute approximate surface area is 171 Å². The SMILES string of the molecule is CN=C(NCc1oc2ccc(F)cc2c1C)N1CCC(OCC2CCCO2)CC1. The number of guanidine groups is 1. The second-order valence-electron chi connectivity index (χ2n) is 7.85. The Morgan fingerprint density at radius 1 is 1.31 bits per heavy atom. The summed E-state index contributed by atoms with van der Waals surface area (Å²) in [5.41, 5.74) is 1.67. The number of halogens is 1. The molecule has 0 radical (unpaired) electrons. The molecular formula is C22H30FN3O3. The number of aryl methyl sites for hydroxylation is 1. The van der Waals surface area contributed by atoms with Crippen molar-refractivity contribution >= 4 is 16.9 Å². The fourth-order valence-electron chi connectivity index (χ4n) is 4.16. The number of ether oxygens (including phenoxy) is 2. The Balaban J connectivity index is 1.28. The van der Waals surface area contributed by atoms with Crippen LogP contribution in [0.15, 0.2) is 27.6 Å². The lowest BCUT2D eigenvalue weighted by atomic mass is 10.1.